The first kappa shape index (κ1) is 24.5. The summed E-state index contributed by atoms with van der Waals surface area (Å²) in [5.41, 5.74) is 1.33. The van der Waals surface area contributed by atoms with Crippen LogP contribution < -0.4 is 4.90 Å². The van der Waals surface area contributed by atoms with Crippen molar-refractivity contribution in [2.45, 2.75) is 58.4 Å². The lowest BCUT2D eigenvalue weighted by molar-refractivity contribution is -0.138. The maximum atomic E-state index is 13.8. The molecule has 3 atom stereocenters. The van der Waals surface area contributed by atoms with Crippen LogP contribution in [0.25, 0.3) is 5.65 Å². The van der Waals surface area contributed by atoms with Gasteiger partial charge in [0.25, 0.3) is 5.91 Å². The van der Waals surface area contributed by atoms with Gasteiger partial charge in [-0.05, 0) is 45.2 Å². The number of hydrogen-bond donors (Lipinski definition) is 1. The zero-order chi connectivity index (χ0) is 25.8. The molecule has 1 amide bonds. The number of hydrogen-bond acceptors (Lipinski definition) is 5. The fourth-order valence-corrected chi connectivity index (χ4v) is 5.34. The standard InChI is InChI=1S/C26H30F3N5O2/c1-15-7-8-18(19(10-15)26(27,28)29)25(36)33-9-5-4-6-21(33)20-11-23-30-24(17(3)13-34(23)31-20)32-12-16(2)22(35)14-32/h7-8,10-11,13,16,21-22,35H,4-6,9,12,14H2,1-3H3/t16-,21+,22+/m1/s1. The highest BCUT2D eigenvalue weighted by molar-refractivity contribution is 5.96. The number of amides is 1. The van der Waals surface area contributed by atoms with Gasteiger partial charge in [-0.2, -0.15) is 18.3 Å². The quantitative estimate of drug-likeness (QED) is 0.570. The third-order valence-corrected chi connectivity index (χ3v) is 7.31. The number of aromatic nitrogens is 3. The Balaban J connectivity index is 1.49. The summed E-state index contributed by atoms with van der Waals surface area (Å²) in [4.78, 5) is 21.8. The van der Waals surface area contributed by atoms with Crippen molar-refractivity contribution in [3.05, 3.63) is 58.4 Å². The minimum Gasteiger partial charge on any atom is -0.391 e. The molecule has 0 saturated carbocycles. The molecule has 0 spiro atoms. The number of carbonyl (C=O) groups excluding carboxylic acids is 1. The van der Waals surface area contributed by atoms with Gasteiger partial charge < -0.3 is 14.9 Å². The Labute approximate surface area is 207 Å². The number of benzene rings is 1. The molecule has 2 fully saturated rings. The van der Waals surface area contributed by atoms with Gasteiger partial charge in [0.1, 0.15) is 5.82 Å². The fraction of sp³-hybridized carbons (Fsp3) is 0.500. The number of aliphatic hydroxyl groups excluding tert-OH is 1. The molecular formula is C26H30F3N5O2. The van der Waals surface area contributed by atoms with Crippen LogP contribution in [-0.4, -0.2) is 56.2 Å². The first-order valence-corrected chi connectivity index (χ1v) is 12.3. The monoisotopic (exact) mass is 501 g/mol. The maximum absolute atomic E-state index is 13.8. The lowest BCUT2D eigenvalue weighted by atomic mass is 9.96. The van der Waals surface area contributed by atoms with Crippen LogP contribution in [-0.2, 0) is 6.18 Å². The molecule has 1 aromatic carbocycles. The Kier molecular flexibility index (Phi) is 6.18. The van der Waals surface area contributed by atoms with Crippen LogP contribution in [0.1, 0.15) is 65.0 Å². The Morgan fingerprint density at radius 3 is 2.61 bits per heavy atom. The number of halogens is 3. The highest BCUT2D eigenvalue weighted by Gasteiger charge is 2.39. The van der Waals surface area contributed by atoms with Crippen LogP contribution in [0.4, 0.5) is 19.0 Å². The smallest absolute Gasteiger partial charge is 0.391 e. The number of aryl methyl sites for hydroxylation is 2. The van der Waals surface area contributed by atoms with Gasteiger partial charge in [0.2, 0.25) is 0 Å². The number of aliphatic hydroxyl groups is 1. The predicted molar refractivity (Wildman–Crippen MR) is 129 cm³/mol. The summed E-state index contributed by atoms with van der Waals surface area (Å²) in [6.07, 6.45) is -0.974. The van der Waals surface area contributed by atoms with Crippen LogP contribution in [0.2, 0.25) is 0 Å². The molecule has 36 heavy (non-hydrogen) atoms. The van der Waals surface area contributed by atoms with Crippen molar-refractivity contribution in [1.82, 2.24) is 19.5 Å². The molecule has 2 aliphatic rings. The van der Waals surface area contributed by atoms with E-state index in [9.17, 15) is 23.1 Å². The number of nitrogens with zero attached hydrogens (tertiary/aromatic N) is 5. The molecule has 0 bridgehead atoms. The summed E-state index contributed by atoms with van der Waals surface area (Å²) in [6.45, 7) is 7.10. The topological polar surface area (TPSA) is 74.0 Å². The van der Waals surface area contributed by atoms with Gasteiger partial charge in [-0.3, -0.25) is 4.79 Å². The van der Waals surface area contributed by atoms with Gasteiger partial charge in [-0.1, -0.05) is 18.6 Å². The van der Waals surface area contributed by atoms with Gasteiger partial charge in [0.05, 0.1) is 29.0 Å². The molecule has 2 aliphatic heterocycles. The molecule has 0 aliphatic carbocycles. The number of β-amino-alcohol motifs (C(OH)–C–C–N with tert-alkyl or cyclic N) is 1. The van der Waals surface area contributed by atoms with E-state index in [0.717, 1.165) is 30.3 Å². The Morgan fingerprint density at radius 2 is 1.92 bits per heavy atom. The highest BCUT2D eigenvalue weighted by atomic mass is 19.4. The van der Waals surface area contributed by atoms with Gasteiger partial charge >= 0.3 is 6.18 Å². The van der Waals surface area contributed by atoms with Gasteiger partial charge in [-0.25, -0.2) is 9.50 Å². The average molecular weight is 502 g/mol. The molecule has 192 valence electrons. The van der Waals surface area contributed by atoms with Crippen LogP contribution in [0.15, 0.2) is 30.5 Å². The minimum absolute atomic E-state index is 0.146. The van der Waals surface area contributed by atoms with Gasteiger partial charge in [0.15, 0.2) is 5.65 Å². The molecular weight excluding hydrogens is 471 g/mol. The third-order valence-electron chi connectivity index (χ3n) is 7.31. The second-order valence-corrected chi connectivity index (χ2v) is 10.1. The molecule has 2 saturated heterocycles. The van der Waals surface area contributed by atoms with E-state index in [0.29, 0.717) is 43.0 Å². The molecule has 0 unspecified atom stereocenters. The summed E-state index contributed by atoms with van der Waals surface area (Å²) in [5, 5.41) is 14.8. The summed E-state index contributed by atoms with van der Waals surface area (Å²) < 4.78 is 42.9. The van der Waals surface area contributed by atoms with Crippen LogP contribution in [0.3, 0.4) is 0 Å². The van der Waals surface area contributed by atoms with Crippen LogP contribution in [0.5, 0.6) is 0 Å². The number of fused-ring (bicyclic) bond motifs is 1. The number of carbonyl (C=O) groups is 1. The fourth-order valence-electron chi connectivity index (χ4n) is 5.34. The van der Waals surface area contributed by atoms with E-state index in [2.05, 4.69) is 10.00 Å². The summed E-state index contributed by atoms with van der Waals surface area (Å²) >= 11 is 0. The number of likely N-dealkylation sites (tertiary alicyclic amines) is 1. The molecule has 2 aromatic heterocycles. The molecule has 3 aromatic rings. The Hall–Kier alpha value is -3.14. The average Bonchev–Trinajstić information content (AvgIpc) is 3.39. The molecule has 10 heteroatoms. The van der Waals surface area contributed by atoms with E-state index >= 15 is 0 Å². The lowest BCUT2D eigenvalue weighted by Crippen LogP contribution is -2.39. The SMILES string of the molecule is Cc1ccc(C(=O)N2CCCC[C@H]2c2cc3nc(N4C[C@@H](C)[C@@H](O)C4)c(C)cn3n2)c(C(F)(F)F)c1. The van der Waals surface area contributed by atoms with Crippen molar-refractivity contribution in [2.24, 2.45) is 5.92 Å². The molecule has 7 nitrogen and oxygen atoms in total. The summed E-state index contributed by atoms with van der Waals surface area (Å²) in [5.74, 6) is 0.297. The lowest BCUT2D eigenvalue weighted by Gasteiger charge is -2.35. The number of piperidine rings is 1. The molecule has 5 rings (SSSR count). The van der Waals surface area contributed by atoms with Crippen molar-refractivity contribution in [3.8, 4) is 0 Å². The third kappa shape index (κ3) is 4.42. The second kappa shape index (κ2) is 9.06. The zero-order valence-electron chi connectivity index (χ0n) is 20.6. The van der Waals surface area contributed by atoms with Gasteiger partial charge in [-0.15, -0.1) is 0 Å². The van der Waals surface area contributed by atoms with Crippen molar-refractivity contribution in [2.75, 3.05) is 24.5 Å². The largest absolute Gasteiger partial charge is 0.417 e. The van der Waals surface area contributed by atoms with E-state index in [1.54, 1.807) is 11.4 Å². The van der Waals surface area contributed by atoms with Crippen molar-refractivity contribution < 1.29 is 23.1 Å². The summed E-state index contributed by atoms with van der Waals surface area (Å²) in [7, 11) is 0. The maximum Gasteiger partial charge on any atom is 0.417 e. The normalized spacial score (nSPS) is 23.0. The van der Waals surface area contributed by atoms with E-state index in [1.807, 2.05) is 26.1 Å². The van der Waals surface area contributed by atoms with Crippen molar-refractivity contribution in [1.29, 1.82) is 0 Å². The van der Waals surface area contributed by atoms with E-state index < -0.39 is 29.8 Å². The minimum atomic E-state index is -4.62. The zero-order valence-corrected chi connectivity index (χ0v) is 20.6. The highest BCUT2D eigenvalue weighted by Crippen LogP contribution is 2.37. The van der Waals surface area contributed by atoms with E-state index in [-0.39, 0.29) is 11.5 Å². The van der Waals surface area contributed by atoms with Crippen molar-refractivity contribution >= 4 is 17.4 Å². The second-order valence-electron chi connectivity index (χ2n) is 10.1. The number of anilines is 1. The van der Waals surface area contributed by atoms with Crippen LogP contribution >= 0.6 is 0 Å². The molecule has 4 heterocycles. The van der Waals surface area contributed by atoms with Gasteiger partial charge in [0, 0.05) is 43.4 Å². The Bertz CT molecular complexity index is 1290. The summed E-state index contributed by atoms with van der Waals surface area (Å²) in [6, 6.07) is 5.22. The van der Waals surface area contributed by atoms with Crippen molar-refractivity contribution in [3.63, 3.8) is 0 Å². The predicted octanol–water partition coefficient (Wildman–Crippen LogP) is 4.55. The molecule has 1 N–H and O–H groups in total. The Morgan fingerprint density at radius 1 is 1.14 bits per heavy atom. The molecule has 0 radical (unpaired) electrons. The first-order chi connectivity index (χ1) is 17.0. The number of rotatable bonds is 3. The number of alkyl halides is 3. The van der Waals surface area contributed by atoms with Crippen LogP contribution in [0, 0.1) is 19.8 Å². The van der Waals surface area contributed by atoms with E-state index in [1.165, 1.54) is 17.0 Å². The van der Waals surface area contributed by atoms with E-state index in [4.69, 9.17) is 4.98 Å². The first-order valence-electron chi connectivity index (χ1n) is 12.3.